The molecule has 1 aromatic carbocycles. The second-order valence-electron chi connectivity index (χ2n) is 3.49. The first-order valence-corrected chi connectivity index (χ1v) is 6.90. The smallest absolute Gasteiger partial charge is 0.0648 e. The van der Waals surface area contributed by atoms with Crippen molar-refractivity contribution >= 4 is 49.1 Å². The van der Waals surface area contributed by atoms with Gasteiger partial charge in [-0.1, -0.05) is 27.5 Å². The lowest BCUT2D eigenvalue weighted by Gasteiger charge is -2.08. The predicted molar refractivity (Wildman–Crippen MR) is 78.4 cm³/mol. The Labute approximate surface area is 122 Å². The zero-order valence-corrected chi connectivity index (χ0v) is 12.7. The summed E-state index contributed by atoms with van der Waals surface area (Å²) in [5, 5.41) is 3.97. The molecule has 0 aliphatic rings. The molecule has 0 aliphatic heterocycles. The van der Waals surface area contributed by atoms with Gasteiger partial charge in [-0.25, -0.2) is 0 Å². The fraction of sp³-hybridized carbons (Fsp3) is 0.0833. The molecule has 0 saturated carbocycles. The first-order valence-electron chi connectivity index (χ1n) is 4.93. The van der Waals surface area contributed by atoms with Crippen molar-refractivity contribution < 1.29 is 0 Å². The largest absolute Gasteiger partial charge is 0.380 e. The molecule has 2 aromatic rings. The maximum Gasteiger partial charge on any atom is 0.0648 e. The molecule has 2 rings (SSSR count). The molecule has 2 nitrogen and oxygen atoms in total. The van der Waals surface area contributed by atoms with Gasteiger partial charge < -0.3 is 5.32 Å². The Morgan fingerprint density at radius 3 is 2.65 bits per heavy atom. The van der Waals surface area contributed by atoms with Crippen LogP contribution >= 0.6 is 43.5 Å². The number of nitrogens with one attached hydrogen (secondary N) is 1. The van der Waals surface area contributed by atoms with Gasteiger partial charge in [0, 0.05) is 27.9 Å². The van der Waals surface area contributed by atoms with Crippen LogP contribution < -0.4 is 5.32 Å². The molecule has 1 heterocycles. The van der Waals surface area contributed by atoms with Crippen molar-refractivity contribution in [2.75, 3.05) is 5.32 Å². The highest BCUT2D eigenvalue weighted by atomic mass is 79.9. The molecule has 1 aromatic heterocycles. The minimum atomic E-state index is 0.688. The molecule has 5 heteroatoms. The van der Waals surface area contributed by atoms with E-state index in [0.717, 1.165) is 20.2 Å². The molecule has 0 fully saturated rings. The second-order valence-corrected chi connectivity index (χ2v) is 5.73. The molecule has 0 bridgehead atoms. The zero-order chi connectivity index (χ0) is 12.3. The highest BCUT2D eigenvalue weighted by molar-refractivity contribution is 9.10. The summed E-state index contributed by atoms with van der Waals surface area (Å²) in [4.78, 5) is 4.11. The molecule has 17 heavy (non-hydrogen) atoms. The van der Waals surface area contributed by atoms with Gasteiger partial charge in [-0.2, -0.15) is 0 Å². The number of anilines is 1. The number of hydrogen-bond acceptors (Lipinski definition) is 2. The highest BCUT2D eigenvalue weighted by Gasteiger charge is 2.01. The quantitative estimate of drug-likeness (QED) is 0.826. The fourth-order valence-corrected chi connectivity index (χ4v) is 2.54. The van der Waals surface area contributed by atoms with Crippen molar-refractivity contribution in [2.24, 2.45) is 0 Å². The second kappa shape index (κ2) is 5.85. The van der Waals surface area contributed by atoms with E-state index in [1.54, 1.807) is 6.20 Å². The topological polar surface area (TPSA) is 24.9 Å². The van der Waals surface area contributed by atoms with Crippen molar-refractivity contribution in [3.63, 3.8) is 0 Å². The Kier molecular flexibility index (Phi) is 4.42. The van der Waals surface area contributed by atoms with Gasteiger partial charge in [-0.05, 0) is 45.8 Å². The average Bonchev–Trinajstić information content (AvgIpc) is 2.28. The van der Waals surface area contributed by atoms with Crippen LogP contribution in [0.15, 0.2) is 45.6 Å². The maximum atomic E-state index is 6.11. The number of halogens is 3. The third-order valence-corrected chi connectivity index (χ3v) is 3.42. The summed E-state index contributed by atoms with van der Waals surface area (Å²) in [5.41, 5.74) is 2.01. The van der Waals surface area contributed by atoms with Gasteiger partial charge in [0.15, 0.2) is 0 Å². The molecule has 0 unspecified atom stereocenters. The Morgan fingerprint density at radius 1 is 1.12 bits per heavy atom. The summed E-state index contributed by atoms with van der Waals surface area (Å²) >= 11 is 12.9. The van der Waals surface area contributed by atoms with E-state index in [2.05, 4.69) is 42.2 Å². The number of aromatic nitrogens is 1. The van der Waals surface area contributed by atoms with Crippen LogP contribution in [0.4, 0.5) is 5.69 Å². The lowest BCUT2D eigenvalue weighted by Crippen LogP contribution is -2.00. The molecule has 0 amide bonds. The van der Waals surface area contributed by atoms with E-state index in [9.17, 15) is 0 Å². The molecular formula is C12H9Br2ClN2. The van der Waals surface area contributed by atoms with E-state index in [1.165, 1.54) is 0 Å². The minimum Gasteiger partial charge on any atom is -0.380 e. The van der Waals surface area contributed by atoms with Gasteiger partial charge in [0.05, 0.1) is 10.7 Å². The van der Waals surface area contributed by atoms with Gasteiger partial charge in [0.1, 0.15) is 0 Å². The highest BCUT2D eigenvalue weighted by Crippen LogP contribution is 2.26. The molecule has 0 spiro atoms. The van der Waals surface area contributed by atoms with Gasteiger partial charge >= 0.3 is 0 Å². The summed E-state index contributed by atoms with van der Waals surface area (Å²) in [6.07, 6.45) is 3.58. The van der Waals surface area contributed by atoms with Crippen LogP contribution in [-0.2, 0) is 6.54 Å². The lowest BCUT2D eigenvalue weighted by molar-refractivity contribution is 1.11. The van der Waals surface area contributed by atoms with Gasteiger partial charge in [0.2, 0.25) is 0 Å². The van der Waals surface area contributed by atoms with Crippen LogP contribution in [0.5, 0.6) is 0 Å². The standard InChI is InChI=1S/C12H9Br2ClN2/c13-9-1-2-12(11(15)4-9)17-6-8-3-10(14)7-16-5-8/h1-5,7,17H,6H2. The normalized spacial score (nSPS) is 10.3. The van der Waals surface area contributed by atoms with Gasteiger partial charge in [-0.15, -0.1) is 0 Å². The lowest BCUT2D eigenvalue weighted by atomic mass is 10.2. The first-order chi connectivity index (χ1) is 8.15. The Balaban J connectivity index is 2.07. The van der Waals surface area contributed by atoms with E-state index >= 15 is 0 Å². The maximum absolute atomic E-state index is 6.11. The van der Waals surface area contributed by atoms with Crippen molar-refractivity contribution in [3.05, 3.63) is 56.2 Å². The summed E-state index contributed by atoms with van der Waals surface area (Å²) < 4.78 is 1.94. The number of nitrogens with zero attached hydrogens (tertiary/aromatic N) is 1. The molecule has 88 valence electrons. The monoisotopic (exact) mass is 374 g/mol. The van der Waals surface area contributed by atoms with Crippen molar-refractivity contribution in [3.8, 4) is 0 Å². The zero-order valence-electron chi connectivity index (χ0n) is 8.75. The summed E-state index contributed by atoms with van der Waals surface area (Å²) in [7, 11) is 0. The molecule has 0 radical (unpaired) electrons. The van der Waals surface area contributed by atoms with Crippen LogP contribution in [0.3, 0.4) is 0 Å². The third kappa shape index (κ3) is 3.69. The van der Waals surface area contributed by atoms with Crippen molar-refractivity contribution in [1.82, 2.24) is 4.98 Å². The fourth-order valence-electron chi connectivity index (χ4n) is 1.38. The SMILES string of the molecule is Clc1cc(Br)ccc1NCc1cncc(Br)c1. The van der Waals surface area contributed by atoms with E-state index in [-0.39, 0.29) is 0 Å². The van der Waals surface area contributed by atoms with Crippen molar-refractivity contribution in [2.45, 2.75) is 6.54 Å². The summed E-state index contributed by atoms with van der Waals surface area (Å²) in [5.74, 6) is 0. The molecule has 0 atom stereocenters. The molecule has 1 N–H and O–H groups in total. The van der Waals surface area contributed by atoms with Crippen molar-refractivity contribution in [1.29, 1.82) is 0 Å². The van der Waals surface area contributed by atoms with Crippen LogP contribution in [0.2, 0.25) is 5.02 Å². The van der Waals surface area contributed by atoms with E-state index in [1.807, 2.05) is 30.5 Å². The third-order valence-electron chi connectivity index (χ3n) is 2.18. The predicted octanol–water partition coefficient (Wildman–Crippen LogP) is 4.87. The van der Waals surface area contributed by atoms with E-state index in [0.29, 0.717) is 11.6 Å². The van der Waals surface area contributed by atoms with Crippen LogP contribution in [0.1, 0.15) is 5.56 Å². The first kappa shape index (κ1) is 12.9. The molecule has 0 aliphatic carbocycles. The van der Waals surface area contributed by atoms with Crippen LogP contribution in [0.25, 0.3) is 0 Å². The van der Waals surface area contributed by atoms with Crippen LogP contribution in [0, 0.1) is 0 Å². The van der Waals surface area contributed by atoms with E-state index < -0.39 is 0 Å². The number of rotatable bonds is 3. The average molecular weight is 376 g/mol. The number of pyridine rings is 1. The Bertz CT molecular complexity index is 532. The van der Waals surface area contributed by atoms with E-state index in [4.69, 9.17) is 11.6 Å². The number of benzene rings is 1. The Hall–Kier alpha value is -0.580. The minimum absolute atomic E-state index is 0.688. The molecular weight excluding hydrogens is 367 g/mol. The Morgan fingerprint density at radius 2 is 1.94 bits per heavy atom. The van der Waals surface area contributed by atoms with Gasteiger partial charge in [-0.3, -0.25) is 4.98 Å². The molecule has 0 saturated heterocycles. The van der Waals surface area contributed by atoms with Crippen LogP contribution in [-0.4, -0.2) is 4.98 Å². The summed E-state index contributed by atoms with van der Waals surface area (Å²) in [6, 6.07) is 7.78. The summed E-state index contributed by atoms with van der Waals surface area (Å²) in [6.45, 7) is 0.688. The number of hydrogen-bond donors (Lipinski definition) is 1. The van der Waals surface area contributed by atoms with Gasteiger partial charge in [0.25, 0.3) is 0 Å².